The summed E-state index contributed by atoms with van der Waals surface area (Å²) in [5, 5.41) is 8.16. The van der Waals surface area contributed by atoms with E-state index in [1.165, 1.54) is 13.2 Å². The Balaban J connectivity index is 2.36. The Morgan fingerprint density at radius 3 is 2.67 bits per heavy atom. The van der Waals surface area contributed by atoms with Gasteiger partial charge in [-0.15, -0.1) is 0 Å². The summed E-state index contributed by atoms with van der Waals surface area (Å²) in [6.45, 7) is 1.66. The number of hydrogen-bond acceptors (Lipinski definition) is 6. The summed E-state index contributed by atoms with van der Waals surface area (Å²) in [6, 6.07) is 3.37. The molecule has 2 rings (SSSR count). The number of carboxylic acid groups (broad SMARTS) is 1. The first-order chi connectivity index (χ1) is 11.4. The van der Waals surface area contributed by atoms with Gasteiger partial charge in [0, 0.05) is 4.47 Å². The van der Waals surface area contributed by atoms with Gasteiger partial charge in [0.25, 0.3) is 11.1 Å². The molecule has 0 saturated carbocycles. The number of carbonyl (C=O) groups is 3. The molecule has 128 valence electrons. The number of ether oxygens (including phenoxy) is 2. The van der Waals surface area contributed by atoms with Crippen LogP contribution in [0.1, 0.15) is 12.5 Å². The number of nitrogens with zero attached hydrogens (tertiary/aromatic N) is 1. The number of amides is 2. The van der Waals surface area contributed by atoms with E-state index >= 15 is 0 Å². The zero-order valence-corrected chi connectivity index (χ0v) is 15.3. The molecule has 1 heterocycles. The third kappa shape index (κ3) is 3.90. The molecule has 24 heavy (non-hydrogen) atoms. The lowest BCUT2D eigenvalue weighted by atomic mass is 10.2. The van der Waals surface area contributed by atoms with Gasteiger partial charge in [0.1, 0.15) is 6.54 Å². The predicted molar refractivity (Wildman–Crippen MR) is 92.2 cm³/mol. The zero-order valence-electron chi connectivity index (χ0n) is 12.9. The van der Waals surface area contributed by atoms with Crippen molar-refractivity contribution in [3.05, 3.63) is 27.1 Å². The Bertz CT molecular complexity index is 733. The van der Waals surface area contributed by atoms with E-state index in [2.05, 4.69) is 15.9 Å². The largest absolute Gasteiger partial charge is 0.493 e. The summed E-state index contributed by atoms with van der Waals surface area (Å²) in [5.74, 6) is -0.853. The Kier molecular flexibility index (Phi) is 5.89. The molecule has 0 unspecified atom stereocenters. The molecule has 0 aliphatic carbocycles. The molecule has 0 spiro atoms. The topological polar surface area (TPSA) is 93.1 Å². The Morgan fingerprint density at radius 1 is 1.38 bits per heavy atom. The third-order valence-corrected chi connectivity index (χ3v) is 4.63. The summed E-state index contributed by atoms with van der Waals surface area (Å²) in [5.41, 5.74) is 0.608. The van der Waals surface area contributed by atoms with Crippen LogP contribution in [-0.4, -0.2) is 47.4 Å². The number of imide groups is 1. The van der Waals surface area contributed by atoms with Gasteiger partial charge in [0.05, 0.1) is 18.6 Å². The van der Waals surface area contributed by atoms with E-state index in [4.69, 9.17) is 14.6 Å². The van der Waals surface area contributed by atoms with Gasteiger partial charge < -0.3 is 14.6 Å². The van der Waals surface area contributed by atoms with E-state index < -0.39 is 23.7 Å². The van der Waals surface area contributed by atoms with E-state index in [-0.39, 0.29) is 4.91 Å². The fourth-order valence-electron chi connectivity index (χ4n) is 2.00. The standard InChI is InChI=1S/C15H14BrNO6S/c1-3-23-11-6-9(16)8(4-10(11)22-2)5-12-14(20)17(7-13(18)19)15(21)24-12/h4-6H,3,7H2,1-2H3,(H,18,19)/b12-5+. The number of halogens is 1. The molecule has 7 nitrogen and oxygen atoms in total. The molecular formula is C15H14BrNO6S. The van der Waals surface area contributed by atoms with Crippen molar-refractivity contribution in [2.75, 3.05) is 20.3 Å². The highest BCUT2D eigenvalue weighted by Crippen LogP contribution is 2.37. The van der Waals surface area contributed by atoms with Gasteiger partial charge in [0.2, 0.25) is 0 Å². The van der Waals surface area contributed by atoms with Crippen molar-refractivity contribution in [3.63, 3.8) is 0 Å². The molecule has 1 N–H and O–H groups in total. The van der Waals surface area contributed by atoms with Crippen LogP contribution in [0.3, 0.4) is 0 Å². The van der Waals surface area contributed by atoms with Crippen molar-refractivity contribution in [1.82, 2.24) is 4.90 Å². The summed E-state index contributed by atoms with van der Waals surface area (Å²) in [7, 11) is 1.50. The molecule has 1 fully saturated rings. The first-order valence-corrected chi connectivity index (χ1v) is 8.45. The molecule has 0 atom stereocenters. The van der Waals surface area contributed by atoms with Gasteiger partial charge in [0.15, 0.2) is 11.5 Å². The predicted octanol–water partition coefficient (Wildman–Crippen LogP) is 2.98. The average molecular weight is 416 g/mol. The molecule has 9 heteroatoms. The van der Waals surface area contributed by atoms with Crippen LogP contribution < -0.4 is 9.47 Å². The van der Waals surface area contributed by atoms with Crippen molar-refractivity contribution in [1.29, 1.82) is 0 Å². The maximum Gasteiger partial charge on any atom is 0.323 e. The van der Waals surface area contributed by atoms with Gasteiger partial charge >= 0.3 is 5.97 Å². The number of carbonyl (C=O) groups excluding carboxylic acids is 2. The molecule has 1 aliphatic rings. The molecule has 1 aliphatic heterocycles. The number of hydrogen-bond donors (Lipinski definition) is 1. The fraction of sp³-hybridized carbons (Fsp3) is 0.267. The van der Waals surface area contributed by atoms with E-state index in [9.17, 15) is 14.4 Å². The van der Waals surface area contributed by atoms with Crippen molar-refractivity contribution in [2.24, 2.45) is 0 Å². The van der Waals surface area contributed by atoms with E-state index in [0.717, 1.165) is 0 Å². The van der Waals surface area contributed by atoms with E-state index in [1.54, 1.807) is 12.1 Å². The third-order valence-electron chi connectivity index (χ3n) is 3.04. The van der Waals surface area contributed by atoms with Crippen LogP contribution in [0.25, 0.3) is 6.08 Å². The van der Waals surface area contributed by atoms with Crippen LogP contribution in [0, 0.1) is 0 Å². The highest BCUT2D eigenvalue weighted by atomic mass is 79.9. The van der Waals surface area contributed by atoms with Crippen LogP contribution in [0.5, 0.6) is 11.5 Å². The summed E-state index contributed by atoms with van der Waals surface area (Å²) < 4.78 is 11.4. The molecule has 1 aromatic carbocycles. The Hall–Kier alpha value is -2.00. The summed E-state index contributed by atoms with van der Waals surface area (Å²) in [6.07, 6.45) is 1.51. The van der Waals surface area contributed by atoms with Gasteiger partial charge in [-0.25, -0.2) is 0 Å². The van der Waals surface area contributed by atoms with Crippen molar-refractivity contribution >= 4 is 50.9 Å². The maximum absolute atomic E-state index is 12.2. The molecule has 1 aromatic rings. The molecule has 1 saturated heterocycles. The zero-order chi connectivity index (χ0) is 17.9. The van der Waals surface area contributed by atoms with Crippen molar-refractivity contribution in [3.8, 4) is 11.5 Å². The van der Waals surface area contributed by atoms with E-state index in [0.29, 0.717) is 44.8 Å². The highest BCUT2D eigenvalue weighted by Gasteiger charge is 2.36. The lowest BCUT2D eigenvalue weighted by molar-refractivity contribution is -0.140. The molecule has 0 bridgehead atoms. The quantitative estimate of drug-likeness (QED) is 0.713. The lowest BCUT2D eigenvalue weighted by Gasteiger charge is -2.11. The smallest absolute Gasteiger partial charge is 0.323 e. The fourth-order valence-corrected chi connectivity index (χ4v) is 3.27. The number of rotatable bonds is 6. The van der Waals surface area contributed by atoms with Crippen LogP contribution in [-0.2, 0) is 9.59 Å². The number of thioether (sulfide) groups is 1. The van der Waals surface area contributed by atoms with Gasteiger partial charge in [-0.3, -0.25) is 19.3 Å². The summed E-state index contributed by atoms with van der Waals surface area (Å²) >= 11 is 4.08. The van der Waals surface area contributed by atoms with Crippen LogP contribution in [0.2, 0.25) is 0 Å². The molecule has 2 amide bonds. The molecular weight excluding hydrogens is 402 g/mol. The van der Waals surface area contributed by atoms with Crippen LogP contribution >= 0.6 is 27.7 Å². The number of benzene rings is 1. The maximum atomic E-state index is 12.2. The second-order valence-corrected chi connectivity index (χ2v) is 6.47. The van der Waals surface area contributed by atoms with Gasteiger partial charge in [-0.2, -0.15) is 0 Å². The minimum atomic E-state index is -1.25. The molecule has 0 aromatic heterocycles. The van der Waals surface area contributed by atoms with Crippen LogP contribution in [0.4, 0.5) is 4.79 Å². The SMILES string of the molecule is CCOc1cc(Br)c(/C=C2/SC(=O)N(CC(=O)O)C2=O)cc1OC. The molecule has 0 radical (unpaired) electrons. The Labute approximate surface area is 150 Å². The summed E-state index contributed by atoms with van der Waals surface area (Å²) in [4.78, 5) is 35.5. The first kappa shape index (κ1) is 18.3. The Morgan fingerprint density at radius 2 is 2.08 bits per heavy atom. The minimum Gasteiger partial charge on any atom is -0.493 e. The second kappa shape index (κ2) is 7.71. The van der Waals surface area contributed by atoms with Crippen molar-refractivity contribution < 1.29 is 29.0 Å². The van der Waals surface area contributed by atoms with Crippen molar-refractivity contribution in [2.45, 2.75) is 6.92 Å². The lowest BCUT2D eigenvalue weighted by Crippen LogP contribution is -2.33. The number of carboxylic acids is 1. The van der Waals surface area contributed by atoms with Gasteiger partial charge in [-0.05, 0) is 42.5 Å². The van der Waals surface area contributed by atoms with Gasteiger partial charge in [-0.1, -0.05) is 15.9 Å². The van der Waals surface area contributed by atoms with Crippen LogP contribution in [0.15, 0.2) is 21.5 Å². The number of methoxy groups -OCH3 is 1. The normalized spacial score (nSPS) is 16.0. The first-order valence-electron chi connectivity index (χ1n) is 6.84. The van der Waals surface area contributed by atoms with E-state index in [1.807, 2.05) is 6.92 Å². The second-order valence-electron chi connectivity index (χ2n) is 4.62. The highest BCUT2D eigenvalue weighted by molar-refractivity contribution is 9.10. The minimum absolute atomic E-state index is 0.146. The number of aliphatic carboxylic acids is 1. The monoisotopic (exact) mass is 415 g/mol. The average Bonchev–Trinajstić information content (AvgIpc) is 2.77.